The van der Waals surface area contributed by atoms with Gasteiger partial charge in [0.25, 0.3) is 0 Å². The van der Waals surface area contributed by atoms with Crippen molar-refractivity contribution in [3.8, 4) is 0 Å². The molecule has 0 saturated heterocycles. The van der Waals surface area contributed by atoms with Crippen LogP contribution in [0.2, 0.25) is 0 Å². The number of nitrogens with one attached hydrogen (secondary N) is 1. The summed E-state index contributed by atoms with van der Waals surface area (Å²) in [6.45, 7) is 4.61. The second-order valence-corrected chi connectivity index (χ2v) is 7.01. The Morgan fingerprint density at radius 2 is 2.20 bits per heavy atom. The van der Waals surface area contributed by atoms with Crippen molar-refractivity contribution in [3.05, 3.63) is 18.0 Å². The molecule has 7 heteroatoms. The van der Waals surface area contributed by atoms with Crippen LogP contribution in [0, 0.1) is 0 Å². The Morgan fingerprint density at radius 3 is 2.70 bits per heavy atom. The Balaban J connectivity index is 1.92. The van der Waals surface area contributed by atoms with Crippen molar-refractivity contribution in [2.24, 2.45) is 12.8 Å². The fourth-order valence-electron chi connectivity index (χ4n) is 2.37. The first-order chi connectivity index (χ1) is 9.47. The summed E-state index contributed by atoms with van der Waals surface area (Å²) in [4.78, 5) is 2.61. The Bertz CT molecular complexity index is 549. The number of sulfonamides is 1. The number of likely N-dealkylation sites (N-methyl/N-ethyl adjacent to an activating group) is 1. The van der Waals surface area contributed by atoms with Crippen LogP contribution in [0.4, 0.5) is 0 Å². The molecule has 2 rings (SSSR count). The minimum absolute atomic E-state index is 0.287. The molecule has 6 nitrogen and oxygen atoms in total. The SMILES string of the molecule is CCN(CCNS(=O)(=O)c1cc(CN)n(C)c1)C1CC1. The lowest BCUT2D eigenvalue weighted by Gasteiger charge is -2.19. The molecule has 1 aromatic rings. The van der Waals surface area contributed by atoms with Crippen LogP contribution in [0.15, 0.2) is 17.2 Å². The number of nitrogens with zero attached hydrogens (tertiary/aromatic N) is 2. The molecule has 114 valence electrons. The molecule has 0 unspecified atom stereocenters. The highest BCUT2D eigenvalue weighted by molar-refractivity contribution is 7.89. The second kappa shape index (κ2) is 6.26. The van der Waals surface area contributed by atoms with Gasteiger partial charge in [0.15, 0.2) is 0 Å². The molecule has 1 aliphatic carbocycles. The van der Waals surface area contributed by atoms with E-state index in [4.69, 9.17) is 5.73 Å². The molecule has 3 N–H and O–H groups in total. The summed E-state index contributed by atoms with van der Waals surface area (Å²) in [5.74, 6) is 0. The molecular formula is C13H24N4O2S. The number of aromatic nitrogens is 1. The van der Waals surface area contributed by atoms with Crippen LogP contribution in [0.5, 0.6) is 0 Å². The summed E-state index contributed by atoms with van der Waals surface area (Å²) in [5, 5.41) is 0. The van der Waals surface area contributed by atoms with E-state index >= 15 is 0 Å². The molecule has 0 aliphatic heterocycles. The minimum atomic E-state index is -3.43. The molecule has 0 atom stereocenters. The van der Waals surface area contributed by atoms with E-state index in [2.05, 4.69) is 16.5 Å². The topological polar surface area (TPSA) is 80.4 Å². The van der Waals surface area contributed by atoms with Gasteiger partial charge in [-0.15, -0.1) is 0 Å². The lowest BCUT2D eigenvalue weighted by atomic mass is 10.4. The quantitative estimate of drug-likeness (QED) is 0.721. The van der Waals surface area contributed by atoms with Crippen LogP contribution >= 0.6 is 0 Å². The molecular weight excluding hydrogens is 276 g/mol. The molecule has 1 heterocycles. The zero-order valence-corrected chi connectivity index (χ0v) is 13.0. The van der Waals surface area contributed by atoms with Gasteiger partial charge in [0.1, 0.15) is 0 Å². The third-order valence-corrected chi connectivity index (χ3v) is 5.19. The van der Waals surface area contributed by atoms with Gasteiger partial charge in [-0.05, 0) is 25.5 Å². The number of hydrogen-bond acceptors (Lipinski definition) is 4. The van der Waals surface area contributed by atoms with E-state index in [1.54, 1.807) is 23.9 Å². The third-order valence-electron chi connectivity index (χ3n) is 3.76. The fourth-order valence-corrected chi connectivity index (χ4v) is 3.49. The molecule has 0 aromatic carbocycles. The van der Waals surface area contributed by atoms with Gasteiger partial charge in [0.05, 0.1) is 4.90 Å². The summed E-state index contributed by atoms with van der Waals surface area (Å²) in [7, 11) is -1.64. The number of nitrogens with two attached hydrogens (primary N) is 1. The minimum Gasteiger partial charge on any atom is -0.352 e. The Morgan fingerprint density at radius 1 is 1.50 bits per heavy atom. The van der Waals surface area contributed by atoms with E-state index in [0.29, 0.717) is 19.1 Å². The number of rotatable bonds is 8. The molecule has 1 aliphatic rings. The van der Waals surface area contributed by atoms with Crippen molar-refractivity contribution in [2.75, 3.05) is 19.6 Å². The van der Waals surface area contributed by atoms with Crippen molar-refractivity contribution in [2.45, 2.75) is 37.2 Å². The molecule has 20 heavy (non-hydrogen) atoms. The molecule has 0 amide bonds. The highest BCUT2D eigenvalue weighted by Crippen LogP contribution is 2.25. The molecule has 1 aromatic heterocycles. The van der Waals surface area contributed by atoms with Gasteiger partial charge in [-0.25, -0.2) is 13.1 Å². The Labute approximate surface area is 121 Å². The van der Waals surface area contributed by atoms with Gasteiger partial charge in [0, 0.05) is 44.6 Å². The normalized spacial score (nSPS) is 16.0. The van der Waals surface area contributed by atoms with Crippen molar-refractivity contribution >= 4 is 10.0 Å². The van der Waals surface area contributed by atoms with E-state index < -0.39 is 10.0 Å². The number of aryl methyl sites for hydroxylation is 1. The monoisotopic (exact) mass is 300 g/mol. The first-order valence-corrected chi connectivity index (χ1v) is 8.55. The van der Waals surface area contributed by atoms with Crippen molar-refractivity contribution in [1.82, 2.24) is 14.2 Å². The predicted molar refractivity (Wildman–Crippen MR) is 78.8 cm³/mol. The maximum absolute atomic E-state index is 12.2. The zero-order chi connectivity index (χ0) is 14.8. The van der Waals surface area contributed by atoms with Gasteiger partial charge >= 0.3 is 0 Å². The maximum atomic E-state index is 12.2. The maximum Gasteiger partial charge on any atom is 0.242 e. The van der Waals surface area contributed by atoms with Gasteiger partial charge in [-0.2, -0.15) is 0 Å². The van der Waals surface area contributed by atoms with Crippen molar-refractivity contribution in [3.63, 3.8) is 0 Å². The summed E-state index contributed by atoms with van der Waals surface area (Å²) in [5.41, 5.74) is 6.37. The molecule has 0 bridgehead atoms. The summed E-state index contributed by atoms with van der Waals surface area (Å²) < 4.78 is 28.8. The lowest BCUT2D eigenvalue weighted by molar-refractivity contribution is 0.282. The third kappa shape index (κ3) is 3.60. The van der Waals surface area contributed by atoms with Gasteiger partial charge < -0.3 is 10.3 Å². The van der Waals surface area contributed by atoms with E-state index in [1.807, 2.05) is 0 Å². The highest BCUT2D eigenvalue weighted by Gasteiger charge is 2.27. The van der Waals surface area contributed by atoms with Gasteiger partial charge in [-0.3, -0.25) is 4.90 Å². The van der Waals surface area contributed by atoms with Crippen molar-refractivity contribution < 1.29 is 8.42 Å². The number of hydrogen-bond donors (Lipinski definition) is 2. The molecule has 1 fully saturated rings. The average Bonchev–Trinajstić information content (AvgIpc) is 3.17. The summed E-state index contributed by atoms with van der Waals surface area (Å²) >= 11 is 0. The van der Waals surface area contributed by atoms with Crippen LogP contribution in [-0.2, 0) is 23.6 Å². The zero-order valence-electron chi connectivity index (χ0n) is 12.2. The Hall–Kier alpha value is -0.890. The average molecular weight is 300 g/mol. The Kier molecular flexibility index (Phi) is 4.85. The first-order valence-electron chi connectivity index (χ1n) is 7.07. The summed E-state index contributed by atoms with van der Waals surface area (Å²) in [6.07, 6.45) is 4.07. The van der Waals surface area contributed by atoms with Crippen LogP contribution in [0.3, 0.4) is 0 Å². The smallest absolute Gasteiger partial charge is 0.242 e. The standard InChI is InChI=1S/C13H24N4O2S/c1-3-17(11-4-5-11)7-6-15-20(18,19)13-8-12(9-14)16(2)10-13/h8,10-11,15H,3-7,9,14H2,1-2H3. The van der Waals surface area contributed by atoms with E-state index in [9.17, 15) is 8.42 Å². The van der Waals surface area contributed by atoms with Crippen LogP contribution in [0.1, 0.15) is 25.5 Å². The van der Waals surface area contributed by atoms with Crippen LogP contribution in [0.25, 0.3) is 0 Å². The van der Waals surface area contributed by atoms with E-state index in [1.165, 1.54) is 12.8 Å². The lowest BCUT2D eigenvalue weighted by Crippen LogP contribution is -2.36. The summed E-state index contributed by atoms with van der Waals surface area (Å²) in [6, 6.07) is 2.28. The first kappa shape index (κ1) is 15.5. The molecule has 0 spiro atoms. The predicted octanol–water partition coefficient (Wildman–Crippen LogP) is 0.246. The van der Waals surface area contributed by atoms with Crippen molar-refractivity contribution in [1.29, 1.82) is 0 Å². The highest BCUT2D eigenvalue weighted by atomic mass is 32.2. The van der Waals surface area contributed by atoms with E-state index in [0.717, 1.165) is 18.8 Å². The van der Waals surface area contributed by atoms with E-state index in [-0.39, 0.29) is 4.90 Å². The molecule has 1 saturated carbocycles. The van der Waals surface area contributed by atoms with Crippen LogP contribution < -0.4 is 10.5 Å². The molecule has 0 radical (unpaired) electrons. The van der Waals surface area contributed by atoms with Gasteiger partial charge in [0.2, 0.25) is 10.0 Å². The fraction of sp³-hybridized carbons (Fsp3) is 0.692. The van der Waals surface area contributed by atoms with Gasteiger partial charge in [-0.1, -0.05) is 6.92 Å². The van der Waals surface area contributed by atoms with Crippen LogP contribution in [-0.4, -0.2) is 43.6 Å². The largest absolute Gasteiger partial charge is 0.352 e. The second-order valence-electron chi connectivity index (χ2n) is 5.24.